The van der Waals surface area contributed by atoms with Gasteiger partial charge in [0.15, 0.2) is 0 Å². The molecule has 1 aromatic heterocycles. The quantitative estimate of drug-likeness (QED) is 0.731. The lowest BCUT2D eigenvalue weighted by Crippen LogP contribution is -2.09. The number of aromatic nitrogens is 2. The van der Waals surface area contributed by atoms with Crippen molar-refractivity contribution < 1.29 is 9.47 Å². The normalized spacial score (nSPS) is 10.3. The van der Waals surface area contributed by atoms with E-state index in [1.165, 1.54) is 0 Å². The van der Waals surface area contributed by atoms with Gasteiger partial charge in [0, 0.05) is 37.7 Å². The third kappa shape index (κ3) is 4.89. The van der Waals surface area contributed by atoms with Crippen molar-refractivity contribution in [2.45, 2.75) is 13.3 Å². The maximum Gasteiger partial charge on any atom is 0.224 e. The number of methoxy groups -OCH3 is 2. The van der Waals surface area contributed by atoms with Crippen molar-refractivity contribution in [2.24, 2.45) is 0 Å². The molecule has 6 heteroatoms. The van der Waals surface area contributed by atoms with E-state index in [1.54, 1.807) is 14.2 Å². The highest BCUT2D eigenvalue weighted by atomic mass is 16.5. The molecule has 0 saturated heterocycles. The molecule has 1 aromatic carbocycles. The highest BCUT2D eigenvalue weighted by Crippen LogP contribution is 2.19. The lowest BCUT2D eigenvalue weighted by atomic mass is 10.3. The zero-order valence-corrected chi connectivity index (χ0v) is 13.2. The molecule has 1 heterocycles. The third-order valence-corrected chi connectivity index (χ3v) is 3.02. The second kappa shape index (κ2) is 8.19. The van der Waals surface area contributed by atoms with E-state index in [0.717, 1.165) is 42.5 Å². The first kappa shape index (κ1) is 16.0. The number of benzene rings is 1. The van der Waals surface area contributed by atoms with Crippen molar-refractivity contribution in [1.29, 1.82) is 0 Å². The Morgan fingerprint density at radius 2 is 1.86 bits per heavy atom. The van der Waals surface area contributed by atoms with Crippen LogP contribution in [-0.2, 0) is 4.74 Å². The van der Waals surface area contributed by atoms with E-state index < -0.39 is 0 Å². The van der Waals surface area contributed by atoms with E-state index in [4.69, 9.17) is 9.47 Å². The van der Waals surface area contributed by atoms with Crippen LogP contribution in [0.4, 0.5) is 17.5 Å². The number of hydrogen-bond donors (Lipinski definition) is 2. The van der Waals surface area contributed by atoms with Gasteiger partial charge < -0.3 is 20.1 Å². The maximum absolute atomic E-state index is 5.15. The molecule has 0 fully saturated rings. The standard InChI is InChI=1S/C16H22N4O2/c1-12-11-15(19-13-5-7-14(22-3)8-6-13)20-16(18-12)17-9-4-10-21-2/h5-8,11H,4,9-10H2,1-3H3,(H2,17,18,19,20). The Bertz CT molecular complexity index is 587. The second-order valence-electron chi connectivity index (χ2n) is 4.84. The molecule has 0 aliphatic heterocycles. The molecule has 0 spiro atoms. The van der Waals surface area contributed by atoms with E-state index >= 15 is 0 Å². The number of anilines is 3. The number of rotatable bonds is 8. The van der Waals surface area contributed by atoms with Crippen LogP contribution in [-0.4, -0.2) is 37.3 Å². The number of nitrogens with one attached hydrogen (secondary N) is 2. The smallest absolute Gasteiger partial charge is 0.224 e. The van der Waals surface area contributed by atoms with Crippen LogP contribution in [0.1, 0.15) is 12.1 Å². The van der Waals surface area contributed by atoms with E-state index in [9.17, 15) is 0 Å². The van der Waals surface area contributed by atoms with Crippen LogP contribution in [0.25, 0.3) is 0 Å². The summed E-state index contributed by atoms with van der Waals surface area (Å²) in [6.45, 7) is 3.44. The Morgan fingerprint density at radius 1 is 1.09 bits per heavy atom. The van der Waals surface area contributed by atoms with Crippen LogP contribution in [0.3, 0.4) is 0 Å². The molecule has 2 rings (SSSR count). The SMILES string of the molecule is COCCCNc1nc(C)cc(Nc2ccc(OC)cc2)n1. The average molecular weight is 302 g/mol. The van der Waals surface area contributed by atoms with Gasteiger partial charge >= 0.3 is 0 Å². The van der Waals surface area contributed by atoms with Gasteiger partial charge in [-0.2, -0.15) is 4.98 Å². The summed E-state index contributed by atoms with van der Waals surface area (Å²) in [6, 6.07) is 9.61. The van der Waals surface area contributed by atoms with Gasteiger partial charge in [-0.15, -0.1) is 0 Å². The van der Waals surface area contributed by atoms with Crippen molar-refractivity contribution in [3.63, 3.8) is 0 Å². The molecular weight excluding hydrogens is 280 g/mol. The summed E-state index contributed by atoms with van der Waals surface area (Å²) in [5.74, 6) is 2.20. The highest BCUT2D eigenvalue weighted by molar-refractivity contribution is 5.58. The first-order chi connectivity index (χ1) is 10.7. The van der Waals surface area contributed by atoms with Crippen molar-refractivity contribution in [3.8, 4) is 5.75 Å². The minimum absolute atomic E-state index is 0.618. The Kier molecular flexibility index (Phi) is 5.97. The number of hydrogen-bond acceptors (Lipinski definition) is 6. The highest BCUT2D eigenvalue weighted by Gasteiger charge is 2.03. The zero-order valence-electron chi connectivity index (χ0n) is 13.2. The van der Waals surface area contributed by atoms with E-state index in [-0.39, 0.29) is 0 Å². The maximum atomic E-state index is 5.15. The molecule has 6 nitrogen and oxygen atoms in total. The van der Waals surface area contributed by atoms with Gasteiger partial charge in [-0.1, -0.05) is 0 Å². The van der Waals surface area contributed by atoms with Crippen molar-refractivity contribution in [3.05, 3.63) is 36.0 Å². The monoisotopic (exact) mass is 302 g/mol. The molecular formula is C16H22N4O2. The van der Waals surface area contributed by atoms with Gasteiger partial charge in [-0.3, -0.25) is 0 Å². The number of aryl methyl sites for hydroxylation is 1. The van der Waals surface area contributed by atoms with Gasteiger partial charge in [0.1, 0.15) is 11.6 Å². The average Bonchev–Trinajstić information content (AvgIpc) is 2.52. The van der Waals surface area contributed by atoms with Crippen molar-refractivity contribution in [2.75, 3.05) is 38.0 Å². The Balaban J connectivity index is 2.01. The van der Waals surface area contributed by atoms with Crippen molar-refractivity contribution >= 4 is 17.5 Å². The lowest BCUT2D eigenvalue weighted by Gasteiger charge is -2.10. The number of ether oxygens (including phenoxy) is 2. The summed E-state index contributed by atoms with van der Waals surface area (Å²) in [5.41, 5.74) is 1.85. The van der Waals surface area contributed by atoms with Gasteiger partial charge in [0.25, 0.3) is 0 Å². The van der Waals surface area contributed by atoms with E-state index in [0.29, 0.717) is 5.95 Å². The molecule has 0 unspecified atom stereocenters. The first-order valence-electron chi connectivity index (χ1n) is 7.21. The molecule has 0 saturated carbocycles. The molecule has 0 radical (unpaired) electrons. The molecule has 0 amide bonds. The summed E-state index contributed by atoms with van der Waals surface area (Å²) in [6.07, 6.45) is 0.912. The fourth-order valence-electron chi connectivity index (χ4n) is 1.95. The van der Waals surface area contributed by atoms with Gasteiger partial charge in [-0.25, -0.2) is 4.98 Å². The largest absolute Gasteiger partial charge is 0.497 e. The third-order valence-electron chi connectivity index (χ3n) is 3.02. The molecule has 0 atom stereocenters. The van der Waals surface area contributed by atoms with Crippen LogP contribution in [0.2, 0.25) is 0 Å². The zero-order chi connectivity index (χ0) is 15.8. The minimum atomic E-state index is 0.618. The van der Waals surface area contributed by atoms with E-state index in [1.807, 2.05) is 37.3 Å². The predicted molar refractivity (Wildman–Crippen MR) is 88.0 cm³/mol. The summed E-state index contributed by atoms with van der Waals surface area (Å²) in [5, 5.41) is 6.47. The topological polar surface area (TPSA) is 68.3 Å². The van der Waals surface area contributed by atoms with E-state index in [2.05, 4.69) is 20.6 Å². The molecule has 0 aliphatic carbocycles. The van der Waals surface area contributed by atoms with Gasteiger partial charge in [0.2, 0.25) is 5.95 Å². The summed E-state index contributed by atoms with van der Waals surface area (Å²) < 4.78 is 10.2. The predicted octanol–water partition coefficient (Wildman–Crippen LogP) is 2.99. The van der Waals surface area contributed by atoms with Crippen LogP contribution < -0.4 is 15.4 Å². The Morgan fingerprint density at radius 3 is 2.55 bits per heavy atom. The van der Waals surface area contributed by atoms with Crippen LogP contribution >= 0.6 is 0 Å². The van der Waals surface area contributed by atoms with Crippen LogP contribution in [0.15, 0.2) is 30.3 Å². The molecule has 22 heavy (non-hydrogen) atoms. The Labute approximate surface area is 130 Å². The molecule has 0 bridgehead atoms. The van der Waals surface area contributed by atoms with Crippen LogP contribution in [0, 0.1) is 6.92 Å². The first-order valence-corrected chi connectivity index (χ1v) is 7.21. The fourth-order valence-corrected chi connectivity index (χ4v) is 1.95. The summed E-state index contributed by atoms with van der Waals surface area (Å²) >= 11 is 0. The lowest BCUT2D eigenvalue weighted by molar-refractivity contribution is 0.197. The second-order valence-corrected chi connectivity index (χ2v) is 4.84. The Hall–Kier alpha value is -2.34. The minimum Gasteiger partial charge on any atom is -0.497 e. The molecule has 118 valence electrons. The summed E-state index contributed by atoms with van der Waals surface area (Å²) in [4.78, 5) is 8.84. The fraction of sp³-hybridized carbons (Fsp3) is 0.375. The van der Waals surface area contributed by atoms with Crippen molar-refractivity contribution in [1.82, 2.24) is 9.97 Å². The molecule has 2 aromatic rings. The molecule has 0 aliphatic rings. The van der Waals surface area contributed by atoms with Gasteiger partial charge in [-0.05, 0) is 37.6 Å². The van der Waals surface area contributed by atoms with Gasteiger partial charge in [0.05, 0.1) is 7.11 Å². The number of nitrogens with zero attached hydrogens (tertiary/aromatic N) is 2. The van der Waals surface area contributed by atoms with Crippen LogP contribution in [0.5, 0.6) is 5.75 Å². The molecule has 2 N–H and O–H groups in total. The summed E-state index contributed by atoms with van der Waals surface area (Å²) in [7, 11) is 3.35.